The minimum Gasteiger partial charge on any atom is -0.466 e. The van der Waals surface area contributed by atoms with Crippen LogP contribution in [0.15, 0.2) is 36.5 Å². The Labute approximate surface area is 430 Å². The van der Waals surface area contributed by atoms with E-state index in [9.17, 15) is 19.8 Å². The van der Waals surface area contributed by atoms with E-state index in [4.69, 9.17) is 4.74 Å². The lowest BCUT2D eigenvalue weighted by molar-refractivity contribution is -0.143. The van der Waals surface area contributed by atoms with Crippen LogP contribution in [0.3, 0.4) is 0 Å². The Balaban J connectivity index is 3.48. The lowest BCUT2D eigenvalue weighted by Crippen LogP contribution is -2.45. The molecule has 6 heteroatoms. The Bertz CT molecular complexity index is 1120. The van der Waals surface area contributed by atoms with E-state index in [1.807, 2.05) is 6.08 Å². The molecule has 0 aromatic heterocycles. The summed E-state index contributed by atoms with van der Waals surface area (Å²) < 4.78 is 5.47. The fraction of sp³-hybridized carbons (Fsp3) is 0.873. The first-order chi connectivity index (χ1) is 34.0. The van der Waals surface area contributed by atoms with E-state index in [0.717, 1.165) is 64.2 Å². The molecule has 0 aliphatic heterocycles. The monoisotopic (exact) mass is 970 g/mol. The highest BCUT2D eigenvalue weighted by atomic mass is 16.5. The van der Waals surface area contributed by atoms with Gasteiger partial charge in [-0.15, -0.1) is 0 Å². The van der Waals surface area contributed by atoms with Crippen LogP contribution >= 0.6 is 0 Å². The Morgan fingerprint density at radius 2 is 0.725 bits per heavy atom. The van der Waals surface area contributed by atoms with Gasteiger partial charge in [-0.1, -0.05) is 288 Å². The third-order valence-electron chi connectivity index (χ3n) is 14.2. The van der Waals surface area contributed by atoms with Gasteiger partial charge in [0.2, 0.25) is 5.91 Å². The maximum absolute atomic E-state index is 12.5. The molecule has 0 bridgehead atoms. The van der Waals surface area contributed by atoms with E-state index in [1.54, 1.807) is 6.08 Å². The predicted octanol–water partition coefficient (Wildman–Crippen LogP) is 19.2. The highest BCUT2D eigenvalue weighted by Crippen LogP contribution is 2.17. The number of aliphatic hydroxyl groups is 2. The molecule has 0 radical (unpaired) electrons. The van der Waals surface area contributed by atoms with E-state index >= 15 is 0 Å². The van der Waals surface area contributed by atoms with Gasteiger partial charge in [0, 0.05) is 12.8 Å². The Morgan fingerprint density at radius 3 is 1.12 bits per heavy atom. The topological polar surface area (TPSA) is 95.9 Å². The number of esters is 1. The van der Waals surface area contributed by atoms with E-state index < -0.39 is 12.1 Å². The molecular weight excluding hydrogens is 851 g/mol. The van der Waals surface area contributed by atoms with Crippen LogP contribution in [0.5, 0.6) is 0 Å². The molecule has 0 aliphatic rings. The van der Waals surface area contributed by atoms with Crippen molar-refractivity contribution in [2.45, 2.75) is 341 Å². The van der Waals surface area contributed by atoms with E-state index in [1.165, 1.54) is 238 Å². The van der Waals surface area contributed by atoms with Crippen LogP contribution < -0.4 is 5.32 Å². The summed E-state index contributed by atoms with van der Waals surface area (Å²) in [5.41, 5.74) is 0. The number of carbonyl (C=O) groups is 2. The van der Waals surface area contributed by atoms with Crippen molar-refractivity contribution in [3.05, 3.63) is 36.5 Å². The molecule has 0 fully saturated rings. The van der Waals surface area contributed by atoms with Crippen LogP contribution in [-0.2, 0) is 14.3 Å². The molecular formula is C63H119NO5. The summed E-state index contributed by atoms with van der Waals surface area (Å²) in [5, 5.41) is 23.2. The zero-order valence-corrected chi connectivity index (χ0v) is 46.3. The molecule has 0 aliphatic carbocycles. The molecule has 0 spiro atoms. The molecule has 6 nitrogen and oxygen atoms in total. The van der Waals surface area contributed by atoms with Crippen molar-refractivity contribution < 1.29 is 24.5 Å². The molecule has 1 amide bonds. The van der Waals surface area contributed by atoms with Crippen LogP contribution in [0.25, 0.3) is 0 Å². The van der Waals surface area contributed by atoms with Crippen molar-refractivity contribution in [3.8, 4) is 0 Å². The zero-order valence-electron chi connectivity index (χ0n) is 46.3. The number of rotatable bonds is 57. The maximum atomic E-state index is 12.5. The molecule has 0 heterocycles. The molecule has 0 aromatic rings. The number of carbonyl (C=O) groups excluding carboxylic acids is 2. The number of ether oxygens (including phenoxy) is 1. The smallest absolute Gasteiger partial charge is 0.305 e. The second-order valence-corrected chi connectivity index (χ2v) is 21.0. The lowest BCUT2D eigenvalue weighted by atomic mass is 10.0. The lowest BCUT2D eigenvalue weighted by Gasteiger charge is -2.20. The second-order valence-electron chi connectivity index (χ2n) is 21.0. The zero-order chi connectivity index (χ0) is 50.0. The normalized spacial score (nSPS) is 12.8. The third-order valence-corrected chi connectivity index (χ3v) is 14.2. The molecule has 0 saturated carbocycles. The van der Waals surface area contributed by atoms with Gasteiger partial charge in [0.05, 0.1) is 25.4 Å². The number of amides is 1. The van der Waals surface area contributed by atoms with Gasteiger partial charge in [0.15, 0.2) is 0 Å². The van der Waals surface area contributed by atoms with E-state index in [-0.39, 0.29) is 18.5 Å². The molecule has 2 unspecified atom stereocenters. The maximum Gasteiger partial charge on any atom is 0.305 e. The predicted molar refractivity (Wildman–Crippen MR) is 301 cm³/mol. The average Bonchev–Trinajstić information content (AvgIpc) is 3.35. The quantitative estimate of drug-likeness (QED) is 0.0321. The number of hydrogen-bond donors (Lipinski definition) is 3. The first-order valence-corrected chi connectivity index (χ1v) is 30.8. The minimum absolute atomic E-state index is 0.0165. The Hall–Kier alpha value is -1.92. The van der Waals surface area contributed by atoms with Crippen molar-refractivity contribution in [3.63, 3.8) is 0 Å². The van der Waals surface area contributed by atoms with Gasteiger partial charge in [-0.25, -0.2) is 0 Å². The number of allylic oxidation sites excluding steroid dienone is 5. The summed E-state index contributed by atoms with van der Waals surface area (Å²) in [6.45, 7) is 4.88. The number of unbranched alkanes of at least 4 members (excludes halogenated alkanes) is 42. The molecule has 0 aromatic carbocycles. The molecule has 0 saturated heterocycles. The van der Waals surface area contributed by atoms with Gasteiger partial charge in [0.25, 0.3) is 0 Å². The second kappa shape index (κ2) is 58.6. The van der Waals surface area contributed by atoms with Gasteiger partial charge in [-0.3, -0.25) is 9.59 Å². The number of hydrogen-bond acceptors (Lipinski definition) is 5. The number of nitrogens with one attached hydrogen (secondary N) is 1. The van der Waals surface area contributed by atoms with Crippen LogP contribution in [0.1, 0.15) is 328 Å². The van der Waals surface area contributed by atoms with Gasteiger partial charge in [0.1, 0.15) is 0 Å². The highest BCUT2D eigenvalue weighted by Gasteiger charge is 2.18. The Morgan fingerprint density at radius 1 is 0.406 bits per heavy atom. The van der Waals surface area contributed by atoms with Crippen molar-refractivity contribution >= 4 is 11.9 Å². The number of aliphatic hydroxyl groups excluding tert-OH is 2. The summed E-state index contributed by atoms with van der Waals surface area (Å²) in [6, 6.07) is -0.638. The average molecular weight is 971 g/mol. The SMILES string of the molecule is CCCCCC/C=C\C/C=C\CCCCCCCC(=O)OCCCCCCCCCCCCCCCCC(=O)NC(CO)C(O)/C=C/CCCCCCCCCCCCCCCCCCCCCC. The van der Waals surface area contributed by atoms with Gasteiger partial charge >= 0.3 is 5.97 Å². The summed E-state index contributed by atoms with van der Waals surface area (Å²) in [5.74, 6) is -0.0930. The molecule has 69 heavy (non-hydrogen) atoms. The summed E-state index contributed by atoms with van der Waals surface area (Å²) >= 11 is 0. The molecule has 0 rings (SSSR count). The fourth-order valence-electron chi connectivity index (χ4n) is 9.43. The minimum atomic E-state index is -0.854. The summed E-state index contributed by atoms with van der Waals surface area (Å²) in [7, 11) is 0. The van der Waals surface area contributed by atoms with E-state index in [2.05, 4.69) is 43.5 Å². The van der Waals surface area contributed by atoms with Crippen molar-refractivity contribution in [2.24, 2.45) is 0 Å². The first kappa shape index (κ1) is 67.1. The Kier molecular flexibility index (Phi) is 57.0. The van der Waals surface area contributed by atoms with Crippen LogP contribution in [0.2, 0.25) is 0 Å². The van der Waals surface area contributed by atoms with Crippen molar-refractivity contribution in [2.75, 3.05) is 13.2 Å². The summed E-state index contributed by atoms with van der Waals surface area (Å²) in [4.78, 5) is 24.6. The molecule has 406 valence electrons. The highest BCUT2D eigenvalue weighted by molar-refractivity contribution is 5.76. The van der Waals surface area contributed by atoms with Crippen LogP contribution in [-0.4, -0.2) is 47.4 Å². The largest absolute Gasteiger partial charge is 0.466 e. The molecule has 3 N–H and O–H groups in total. The third kappa shape index (κ3) is 55.2. The standard InChI is InChI=1S/C63H119NO5/c1-3-5-7-9-11-13-15-17-19-21-22-23-24-25-26-27-31-35-39-43-47-51-55-61(66)60(59-65)64-62(67)56-52-48-44-40-36-32-29-30-34-38-42-46-50-54-58-69-63(68)57-53-49-45-41-37-33-28-20-18-16-14-12-10-8-6-4-2/h14,16,20,28,51,55,60-61,65-66H,3-13,15,17-19,21-27,29-50,52-54,56-59H2,1-2H3,(H,64,67)/b16-14-,28-20-,55-51+. The molecule has 2 atom stereocenters. The first-order valence-electron chi connectivity index (χ1n) is 30.8. The van der Waals surface area contributed by atoms with Crippen LogP contribution in [0, 0.1) is 0 Å². The van der Waals surface area contributed by atoms with Gasteiger partial charge in [-0.05, 0) is 64.2 Å². The van der Waals surface area contributed by atoms with Crippen molar-refractivity contribution in [1.29, 1.82) is 0 Å². The van der Waals surface area contributed by atoms with Gasteiger partial charge < -0.3 is 20.3 Å². The summed E-state index contributed by atoms with van der Waals surface area (Å²) in [6.07, 6.45) is 73.1. The van der Waals surface area contributed by atoms with E-state index in [0.29, 0.717) is 19.4 Å². The van der Waals surface area contributed by atoms with Crippen molar-refractivity contribution in [1.82, 2.24) is 5.32 Å². The fourth-order valence-corrected chi connectivity index (χ4v) is 9.43. The van der Waals surface area contributed by atoms with Gasteiger partial charge in [-0.2, -0.15) is 0 Å². The van der Waals surface area contributed by atoms with Crippen LogP contribution in [0.4, 0.5) is 0 Å².